The van der Waals surface area contributed by atoms with Gasteiger partial charge in [-0.25, -0.2) is 0 Å². The van der Waals surface area contributed by atoms with Gasteiger partial charge in [0.2, 0.25) is 0 Å². The summed E-state index contributed by atoms with van der Waals surface area (Å²) >= 11 is 0. The molecule has 0 spiro atoms. The van der Waals surface area contributed by atoms with Crippen LogP contribution in [0.4, 0.5) is 5.69 Å². The van der Waals surface area contributed by atoms with Crippen LogP contribution in [-0.4, -0.2) is 11.6 Å². The Morgan fingerprint density at radius 2 is 1.55 bits per heavy atom. The Kier molecular flexibility index (Phi) is 2.43. The zero-order valence-corrected chi connectivity index (χ0v) is 13.4. The Morgan fingerprint density at radius 3 is 2.10 bits per heavy atom. The lowest BCUT2D eigenvalue weighted by molar-refractivity contribution is -0.0447. The van der Waals surface area contributed by atoms with Crippen molar-refractivity contribution in [2.24, 2.45) is 5.41 Å². The summed E-state index contributed by atoms with van der Waals surface area (Å²) in [6, 6.07) is 5.51. The van der Waals surface area contributed by atoms with Crippen LogP contribution in [0, 0.1) is 26.2 Å². The highest BCUT2D eigenvalue weighted by Crippen LogP contribution is 2.64. The fourth-order valence-electron chi connectivity index (χ4n) is 5.60. The molecule has 6 aliphatic rings. The quantitative estimate of drug-likeness (QED) is 0.700. The zero-order valence-electron chi connectivity index (χ0n) is 13.4. The van der Waals surface area contributed by atoms with E-state index in [4.69, 9.17) is 0 Å². The minimum Gasteiger partial charge on any atom is -0.362 e. The van der Waals surface area contributed by atoms with Crippen molar-refractivity contribution in [3.05, 3.63) is 28.8 Å². The van der Waals surface area contributed by atoms with E-state index in [-0.39, 0.29) is 0 Å². The Labute approximate surface area is 123 Å². The number of piperidine rings is 3. The number of nitrogens with zero attached hydrogens (tertiary/aromatic N) is 1. The Balaban J connectivity index is 1.88. The molecule has 0 amide bonds. The van der Waals surface area contributed by atoms with Gasteiger partial charge < -0.3 is 4.90 Å². The Morgan fingerprint density at radius 1 is 0.950 bits per heavy atom. The van der Waals surface area contributed by atoms with Crippen molar-refractivity contribution in [1.82, 2.24) is 0 Å². The average Bonchev–Trinajstić information content (AvgIpc) is 2.45. The van der Waals surface area contributed by atoms with E-state index < -0.39 is 0 Å². The van der Waals surface area contributed by atoms with Crippen molar-refractivity contribution in [3.63, 3.8) is 0 Å². The van der Waals surface area contributed by atoms with Crippen LogP contribution in [-0.2, 0) is 0 Å². The van der Waals surface area contributed by atoms with Crippen molar-refractivity contribution >= 4 is 5.69 Å². The van der Waals surface area contributed by atoms with Crippen molar-refractivity contribution in [2.75, 3.05) is 4.90 Å². The van der Waals surface area contributed by atoms with E-state index in [2.05, 4.69) is 44.7 Å². The van der Waals surface area contributed by atoms with E-state index in [0.29, 0.717) is 11.0 Å². The van der Waals surface area contributed by atoms with E-state index >= 15 is 0 Å². The average molecular weight is 269 g/mol. The second-order valence-electron chi connectivity index (χ2n) is 7.86. The normalized spacial score (nSPS) is 38.6. The predicted molar refractivity (Wildman–Crippen MR) is 85.5 cm³/mol. The largest absolute Gasteiger partial charge is 0.362 e. The molecule has 1 aromatic rings. The van der Waals surface area contributed by atoms with Gasteiger partial charge in [0.1, 0.15) is 0 Å². The first-order chi connectivity index (χ1) is 9.47. The highest BCUT2D eigenvalue weighted by molar-refractivity contribution is 5.62. The first kappa shape index (κ1) is 12.7. The predicted octanol–water partition coefficient (Wildman–Crippen LogP) is 4.91. The van der Waals surface area contributed by atoms with E-state index in [1.807, 2.05) is 0 Å². The Hall–Kier alpha value is -0.980. The smallest absolute Gasteiger partial charge is 0.0408 e. The molecule has 2 bridgehead atoms. The fraction of sp³-hybridized carbons (Fsp3) is 0.684. The van der Waals surface area contributed by atoms with Crippen molar-refractivity contribution < 1.29 is 0 Å². The van der Waals surface area contributed by atoms with Crippen molar-refractivity contribution in [2.45, 2.75) is 77.8 Å². The molecule has 1 aromatic carbocycles. The van der Waals surface area contributed by atoms with Gasteiger partial charge in [0, 0.05) is 17.3 Å². The molecule has 3 aliphatic heterocycles. The first-order valence-corrected chi connectivity index (χ1v) is 8.35. The SMILES string of the molecule is Cc1cc(C)c(C)c(N2C(C)C34CCC2(CC3)CC4)c1. The van der Waals surface area contributed by atoms with Crippen LogP contribution in [0.3, 0.4) is 0 Å². The van der Waals surface area contributed by atoms with Crippen molar-refractivity contribution in [1.29, 1.82) is 0 Å². The number of hydrogen-bond donors (Lipinski definition) is 0. The summed E-state index contributed by atoms with van der Waals surface area (Å²) in [5.41, 5.74) is 7.04. The molecule has 0 aromatic heterocycles. The number of aryl methyl sites for hydroxylation is 2. The molecule has 7 rings (SSSR count). The molecule has 3 aliphatic carbocycles. The first-order valence-electron chi connectivity index (χ1n) is 8.35. The van der Waals surface area contributed by atoms with Crippen LogP contribution in [0.5, 0.6) is 0 Å². The van der Waals surface area contributed by atoms with Gasteiger partial charge in [-0.15, -0.1) is 0 Å². The van der Waals surface area contributed by atoms with Gasteiger partial charge in [-0.05, 0) is 94.4 Å². The second kappa shape index (κ2) is 3.81. The summed E-state index contributed by atoms with van der Waals surface area (Å²) in [6.45, 7) is 9.34. The maximum atomic E-state index is 2.86. The summed E-state index contributed by atoms with van der Waals surface area (Å²) in [7, 11) is 0. The number of anilines is 1. The van der Waals surface area contributed by atoms with Crippen LogP contribution in [0.15, 0.2) is 12.1 Å². The lowest BCUT2D eigenvalue weighted by Crippen LogP contribution is -2.71. The number of benzene rings is 1. The third-order valence-corrected chi connectivity index (χ3v) is 7.09. The molecule has 1 unspecified atom stereocenters. The standard InChI is InChI=1S/C19H27N/c1-13-11-14(2)15(3)17(12-13)20-16(4)18-5-8-19(20,9-6-18)10-7-18/h11-12,16H,5-10H2,1-4H3. The van der Waals surface area contributed by atoms with Crippen LogP contribution in [0.1, 0.15) is 62.1 Å². The summed E-state index contributed by atoms with van der Waals surface area (Å²) in [5.74, 6) is 0. The van der Waals surface area contributed by atoms with Gasteiger partial charge in [0.25, 0.3) is 0 Å². The Bertz CT molecular complexity index is 547. The lowest BCUT2D eigenvalue weighted by atomic mass is 9.49. The van der Waals surface area contributed by atoms with Crippen LogP contribution < -0.4 is 4.90 Å². The van der Waals surface area contributed by atoms with Gasteiger partial charge in [-0.2, -0.15) is 0 Å². The minimum atomic E-state index is 0.490. The molecule has 6 fully saturated rings. The van der Waals surface area contributed by atoms with E-state index in [9.17, 15) is 0 Å². The van der Waals surface area contributed by atoms with Gasteiger partial charge >= 0.3 is 0 Å². The molecular weight excluding hydrogens is 242 g/mol. The lowest BCUT2D eigenvalue weighted by Gasteiger charge is -2.70. The topological polar surface area (TPSA) is 3.24 Å². The van der Waals surface area contributed by atoms with E-state index in [1.54, 1.807) is 5.69 Å². The molecular formula is C19H27N. The van der Waals surface area contributed by atoms with E-state index in [1.165, 1.54) is 55.2 Å². The van der Waals surface area contributed by atoms with E-state index in [0.717, 1.165) is 6.04 Å². The minimum absolute atomic E-state index is 0.490. The zero-order chi connectivity index (χ0) is 14.1. The summed E-state index contributed by atoms with van der Waals surface area (Å²) in [4.78, 5) is 2.86. The monoisotopic (exact) mass is 269 g/mol. The highest BCUT2D eigenvalue weighted by atomic mass is 15.3. The maximum absolute atomic E-state index is 2.86. The van der Waals surface area contributed by atoms with Crippen LogP contribution in [0.25, 0.3) is 0 Å². The van der Waals surface area contributed by atoms with Gasteiger partial charge in [-0.3, -0.25) is 0 Å². The second-order valence-corrected chi connectivity index (χ2v) is 7.86. The van der Waals surface area contributed by atoms with Gasteiger partial charge in [0.15, 0.2) is 0 Å². The molecule has 108 valence electrons. The van der Waals surface area contributed by atoms with Crippen molar-refractivity contribution in [3.8, 4) is 0 Å². The van der Waals surface area contributed by atoms with Crippen LogP contribution in [0.2, 0.25) is 0 Å². The van der Waals surface area contributed by atoms with Gasteiger partial charge in [0.05, 0.1) is 0 Å². The summed E-state index contributed by atoms with van der Waals surface area (Å²) in [5, 5.41) is 0. The molecule has 0 radical (unpaired) electrons. The third-order valence-electron chi connectivity index (χ3n) is 7.09. The molecule has 3 heterocycles. The molecule has 3 saturated heterocycles. The van der Waals surface area contributed by atoms with Crippen LogP contribution >= 0.6 is 0 Å². The molecule has 1 heteroatoms. The van der Waals surface area contributed by atoms with Gasteiger partial charge in [-0.1, -0.05) is 6.07 Å². The molecule has 3 saturated carbocycles. The third kappa shape index (κ3) is 1.39. The number of hydrogen-bond acceptors (Lipinski definition) is 1. The maximum Gasteiger partial charge on any atom is 0.0408 e. The molecule has 0 N–H and O–H groups in total. The molecule has 1 nitrogen and oxygen atoms in total. The molecule has 1 atom stereocenters. The fourth-order valence-corrected chi connectivity index (χ4v) is 5.60. The number of rotatable bonds is 1. The molecule has 20 heavy (non-hydrogen) atoms. The summed E-state index contributed by atoms with van der Waals surface area (Å²) < 4.78 is 0. The highest BCUT2D eigenvalue weighted by Gasteiger charge is 2.61. The summed E-state index contributed by atoms with van der Waals surface area (Å²) in [6.07, 6.45) is 8.74.